The molecule has 1 heterocycles. The Bertz CT molecular complexity index is 230. The summed E-state index contributed by atoms with van der Waals surface area (Å²) in [6.45, 7) is 4.32. The van der Waals surface area contributed by atoms with Gasteiger partial charge in [-0.3, -0.25) is 4.98 Å². The fourth-order valence-corrected chi connectivity index (χ4v) is 1.03. The Hall–Kier alpha value is -0.920. The summed E-state index contributed by atoms with van der Waals surface area (Å²) in [5.74, 6) is 0.367. The van der Waals surface area contributed by atoms with Crippen LogP contribution in [0.5, 0.6) is 0 Å². The van der Waals surface area contributed by atoms with Crippen LogP contribution in [0.2, 0.25) is 0 Å². The summed E-state index contributed by atoms with van der Waals surface area (Å²) in [5.41, 5.74) is 0.978. The molecule has 0 aliphatic carbocycles. The maximum atomic E-state index is 12.4. The molecule has 0 amide bonds. The van der Waals surface area contributed by atoms with Crippen molar-refractivity contribution in [2.45, 2.75) is 26.7 Å². The first-order valence-corrected chi connectivity index (χ1v) is 4.32. The molecule has 1 rings (SSSR count). The molecule has 1 atom stereocenters. The van der Waals surface area contributed by atoms with E-state index in [9.17, 15) is 4.39 Å². The average Bonchev–Trinajstić information content (AvgIpc) is 2.09. The number of hydrogen-bond donors (Lipinski definition) is 0. The van der Waals surface area contributed by atoms with E-state index in [0.717, 1.165) is 18.5 Å². The van der Waals surface area contributed by atoms with Crippen LogP contribution in [0.4, 0.5) is 4.39 Å². The summed E-state index contributed by atoms with van der Waals surface area (Å²) in [6.07, 6.45) is 3.35. The van der Waals surface area contributed by atoms with Crippen molar-refractivity contribution in [1.29, 1.82) is 0 Å². The van der Waals surface area contributed by atoms with Gasteiger partial charge < -0.3 is 0 Å². The van der Waals surface area contributed by atoms with E-state index in [1.54, 1.807) is 6.07 Å². The van der Waals surface area contributed by atoms with E-state index < -0.39 is 0 Å². The molecule has 66 valence electrons. The Kier molecular flexibility index (Phi) is 3.20. The monoisotopic (exact) mass is 167 g/mol. The Morgan fingerprint density at radius 1 is 1.50 bits per heavy atom. The Morgan fingerprint density at radius 3 is 2.75 bits per heavy atom. The molecule has 0 aliphatic heterocycles. The second-order valence-electron chi connectivity index (χ2n) is 3.19. The Morgan fingerprint density at radius 2 is 2.25 bits per heavy atom. The van der Waals surface area contributed by atoms with Crippen LogP contribution in [0.25, 0.3) is 0 Å². The Labute approximate surface area is 72.6 Å². The van der Waals surface area contributed by atoms with Crippen LogP contribution in [-0.2, 0) is 6.42 Å². The molecule has 1 unspecified atom stereocenters. The Balaban J connectivity index is 2.58. The number of nitrogens with zero attached hydrogens (tertiary/aromatic N) is 1. The van der Waals surface area contributed by atoms with Crippen molar-refractivity contribution in [1.82, 2.24) is 4.98 Å². The van der Waals surface area contributed by atoms with Gasteiger partial charge in [-0.05, 0) is 24.5 Å². The average molecular weight is 167 g/mol. The van der Waals surface area contributed by atoms with Crippen LogP contribution in [0.15, 0.2) is 18.3 Å². The van der Waals surface area contributed by atoms with Crippen LogP contribution < -0.4 is 0 Å². The molecule has 2 heteroatoms. The van der Waals surface area contributed by atoms with Gasteiger partial charge in [0.25, 0.3) is 0 Å². The topological polar surface area (TPSA) is 12.9 Å². The van der Waals surface area contributed by atoms with Crippen molar-refractivity contribution >= 4 is 0 Å². The summed E-state index contributed by atoms with van der Waals surface area (Å²) < 4.78 is 12.4. The van der Waals surface area contributed by atoms with Crippen molar-refractivity contribution < 1.29 is 4.39 Å². The van der Waals surface area contributed by atoms with Gasteiger partial charge in [-0.15, -0.1) is 0 Å². The fraction of sp³-hybridized carbons (Fsp3) is 0.500. The quantitative estimate of drug-likeness (QED) is 0.674. The normalized spacial score (nSPS) is 12.9. The van der Waals surface area contributed by atoms with Gasteiger partial charge in [-0.2, -0.15) is 0 Å². The van der Waals surface area contributed by atoms with Crippen LogP contribution in [0.3, 0.4) is 0 Å². The van der Waals surface area contributed by atoms with Crippen molar-refractivity contribution in [2.24, 2.45) is 5.92 Å². The van der Waals surface area contributed by atoms with E-state index in [1.165, 1.54) is 12.3 Å². The van der Waals surface area contributed by atoms with E-state index >= 15 is 0 Å². The summed E-state index contributed by atoms with van der Waals surface area (Å²) in [6, 6.07) is 3.21. The molecule has 1 aromatic rings. The second kappa shape index (κ2) is 4.19. The van der Waals surface area contributed by atoms with Gasteiger partial charge in [-0.1, -0.05) is 20.3 Å². The van der Waals surface area contributed by atoms with Gasteiger partial charge in [0.05, 0.1) is 6.20 Å². The van der Waals surface area contributed by atoms with Crippen LogP contribution in [0, 0.1) is 11.7 Å². The number of pyridine rings is 1. The summed E-state index contributed by atoms with van der Waals surface area (Å²) in [4.78, 5) is 3.99. The van der Waals surface area contributed by atoms with Crippen molar-refractivity contribution in [2.75, 3.05) is 0 Å². The molecule has 0 spiro atoms. The van der Waals surface area contributed by atoms with Crippen LogP contribution in [-0.4, -0.2) is 4.98 Å². The molecule has 12 heavy (non-hydrogen) atoms. The lowest BCUT2D eigenvalue weighted by Crippen LogP contribution is -1.99. The minimum atomic E-state index is -0.261. The highest BCUT2D eigenvalue weighted by molar-refractivity contribution is 5.05. The lowest BCUT2D eigenvalue weighted by atomic mass is 10.0. The molecule has 0 N–H and O–H groups in total. The highest BCUT2D eigenvalue weighted by Gasteiger charge is 2.01. The minimum Gasteiger partial charge on any atom is -0.258 e. The number of halogens is 1. The summed E-state index contributed by atoms with van der Waals surface area (Å²) in [7, 11) is 0. The number of hydrogen-bond acceptors (Lipinski definition) is 1. The van der Waals surface area contributed by atoms with Gasteiger partial charge >= 0.3 is 0 Å². The first kappa shape index (κ1) is 9.17. The van der Waals surface area contributed by atoms with Crippen LogP contribution in [0.1, 0.15) is 26.0 Å². The van der Waals surface area contributed by atoms with Gasteiger partial charge in [0.1, 0.15) is 5.82 Å². The maximum absolute atomic E-state index is 12.4. The number of aromatic nitrogens is 1. The lowest BCUT2D eigenvalue weighted by molar-refractivity contribution is 0.549. The first-order chi connectivity index (χ1) is 5.72. The van der Waals surface area contributed by atoms with E-state index in [2.05, 4.69) is 18.8 Å². The summed E-state index contributed by atoms with van der Waals surface area (Å²) in [5, 5.41) is 0. The minimum absolute atomic E-state index is 0.261. The standard InChI is InChI=1S/C10H14FN/c1-3-8(2)6-10-5-4-9(11)7-12-10/h4-5,7-8H,3,6H2,1-2H3. The fourth-order valence-electron chi connectivity index (χ4n) is 1.03. The van der Waals surface area contributed by atoms with Gasteiger partial charge in [0, 0.05) is 5.69 Å². The molecular weight excluding hydrogens is 153 g/mol. The van der Waals surface area contributed by atoms with Crippen molar-refractivity contribution in [3.05, 3.63) is 29.8 Å². The van der Waals surface area contributed by atoms with Gasteiger partial charge in [0.2, 0.25) is 0 Å². The number of rotatable bonds is 3. The van der Waals surface area contributed by atoms with E-state index in [1.807, 2.05) is 0 Å². The summed E-state index contributed by atoms with van der Waals surface area (Å²) >= 11 is 0. The van der Waals surface area contributed by atoms with E-state index in [0.29, 0.717) is 5.92 Å². The van der Waals surface area contributed by atoms with Crippen molar-refractivity contribution in [3.8, 4) is 0 Å². The van der Waals surface area contributed by atoms with E-state index in [-0.39, 0.29) is 5.82 Å². The van der Waals surface area contributed by atoms with Gasteiger partial charge in [-0.25, -0.2) is 4.39 Å². The first-order valence-electron chi connectivity index (χ1n) is 4.32. The molecular formula is C10H14FN. The SMILES string of the molecule is CCC(C)Cc1ccc(F)cn1. The molecule has 0 radical (unpaired) electrons. The zero-order valence-corrected chi connectivity index (χ0v) is 7.55. The second-order valence-corrected chi connectivity index (χ2v) is 3.19. The van der Waals surface area contributed by atoms with E-state index in [4.69, 9.17) is 0 Å². The molecule has 0 saturated carbocycles. The van der Waals surface area contributed by atoms with Crippen molar-refractivity contribution in [3.63, 3.8) is 0 Å². The third-order valence-corrected chi connectivity index (χ3v) is 2.04. The zero-order chi connectivity index (χ0) is 8.97. The van der Waals surface area contributed by atoms with Gasteiger partial charge in [0.15, 0.2) is 0 Å². The van der Waals surface area contributed by atoms with Crippen LogP contribution >= 0.6 is 0 Å². The largest absolute Gasteiger partial charge is 0.258 e. The molecule has 0 aliphatic rings. The maximum Gasteiger partial charge on any atom is 0.141 e. The predicted molar refractivity (Wildman–Crippen MR) is 47.4 cm³/mol. The third-order valence-electron chi connectivity index (χ3n) is 2.04. The zero-order valence-electron chi connectivity index (χ0n) is 7.55. The highest BCUT2D eigenvalue weighted by atomic mass is 19.1. The molecule has 1 aromatic heterocycles. The smallest absolute Gasteiger partial charge is 0.141 e. The lowest BCUT2D eigenvalue weighted by Gasteiger charge is -2.06. The molecule has 0 bridgehead atoms. The molecule has 0 aromatic carbocycles. The molecule has 0 fully saturated rings. The molecule has 1 nitrogen and oxygen atoms in total. The highest BCUT2D eigenvalue weighted by Crippen LogP contribution is 2.09. The molecule has 0 saturated heterocycles. The predicted octanol–water partition coefficient (Wildman–Crippen LogP) is 2.81. The third kappa shape index (κ3) is 2.61.